The largest absolute Gasteiger partial charge is 0.467 e. The van der Waals surface area contributed by atoms with Gasteiger partial charge in [0.2, 0.25) is 7.85 Å². The average molecular weight is 215 g/mol. The number of esters is 1. The van der Waals surface area contributed by atoms with Gasteiger partial charge >= 0.3 is 5.97 Å². The van der Waals surface area contributed by atoms with Crippen molar-refractivity contribution in [3.8, 4) is 0 Å². The fourth-order valence-electron chi connectivity index (χ4n) is 1.56. The maximum Gasteiger partial charge on any atom is 0.330 e. The van der Waals surface area contributed by atoms with E-state index in [2.05, 4.69) is 0 Å². The van der Waals surface area contributed by atoms with Gasteiger partial charge in [-0.25, -0.2) is 4.79 Å². The van der Waals surface area contributed by atoms with E-state index in [0.717, 1.165) is 0 Å². The Morgan fingerprint density at radius 2 is 2.14 bits per heavy atom. The minimum Gasteiger partial charge on any atom is -0.467 e. The molecule has 0 aromatic rings. The van der Waals surface area contributed by atoms with Crippen LogP contribution in [0.3, 0.4) is 0 Å². The van der Waals surface area contributed by atoms with Crippen molar-refractivity contribution in [2.45, 2.75) is 24.6 Å². The lowest BCUT2D eigenvalue weighted by Gasteiger charge is -2.28. The molecule has 0 radical (unpaired) electrons. The Balaban J connectivity index is 2.92. The van der Waals surface area contributed by atoms with Crippen LogP contribution < -0.4 is 0 Å². The molecule has 1 atom stereocenters. The van der Waals surface area contributed by atoms with Gasteiger partial charge in [-0.2, -0.15) is 0 Å². The summed E-state index contributed by atoms with van der Waals surface area (Å²) in [7, 11) is 2.82. The number of thioether (sulfide) groups is 1. The van der Waals surface area contributed by atoms with Crippen molar-refractivity contribution in [1.29, 1.82) is 0 Å². The van der Waals surface area contributed by atoms with Gasteiger partial charge in [-0.05, 0) is 13.8 Å². The summed E-state index contributed by atoms with van der Waals surface area (Å²) in [5.74, 6) is 0.135. The number of carbonyl (C=O) groups is 2. The smallest absolute Gasteiger partial charge is 0.330 e. The average Bonchev–Trinajstić information content (AvgIpc) is 2.40. The topological polar surface area (TPSA) is 46.6 Å². The maximum absolute atomic E-state index is 11.5. The lowest BCUT2D eigenvalue weighted by molar-refractivity contribution is -0.145. The van der Waals surface area contributed by atoms with Gasteiger partial charge < -0.3 is 9.64 Å². The summed E-state index contributed by atoms with van der Waals surface area (Å²) in [6.45, 7) is 3.89. The minimum atomic E-state index is -0.463. The predicted octanol–water partition coefficient (Wildman–Crippen LogP) is 0.0660. The number of methoxy groups -OCH3 is 1. The first-order valence-corrected chi connectivity index (χ1v) is 5.37. The van der Waals surface area contributed by atoms with E-state index < -0.39 is 6.04 Å². The summed E-state index contributed by atoms with van der Waals surface area (Å²) >= 11 is 1.59. The summed E-state index contributed by atoms with van der Waals surface area (Å²) in [5.41, 5.74) is 0. The highest BCUT2D eigenvalue weighted by Gasteiger charge is 2.47. The fraction of sp³-hybridized carbons (Fsp3) is 0.750. The number of rotatable bonds is 1. The van der Waals surface area contributed by atoms with Gasteiger partial charge in [0.15, 0.2) is 5.81 Å². The summed E-state index contributed by atoms with van der Waals surface area (Å²) < 4.78 is 4.44. The zero-order valence-corrected chi connectivity index (χ0v) is 9.68. The van der Waals surface area contributed by atoms with E-state index in [1.54, 1.807) is 16.7 Å². The lowest BCUT2D eigenvalue weighted by atomic mass is 9.99. The van der Waals surface area contributed by atoms with Gasteiger partial charge in [0.1, 0.15) is 6.04 Å². The van der Waals surface area contributed by atoms with Crippen LogP contribution in [0.4, 0.5) is 4.79 Å². The predicted molar refractivity (Wildman–Crippen MR) is 58.1 cm³/mol. The minimum absolute atomic E-state index is 0.0847. The van der Waals surface area contributed by atoms with E-state index in [4.69, 9.17) is 4.74 Å². The van der Waals surface area contributed by atoms with Crippen LogP contribution in [-0.4, -0.2) is 48.3 Å². The monoisotopic (exact) mass is 215 g/mol. The molecule has 6 heteroatoms. The molecule has 1 fully saturated rings. The molecule has 1 saturated heterocycles. The van der Waals surface area contributed by atoms with Gasteiger partial charge in [0.25, 0.3) is 0 Å². The molecule has 1 amide bonds. The van der Waals surface area contributed by atoms with Crippen LogP contribution >= 0.6 is 11.8 Å². The van der Waals surface area contributed by atoms with Crippen molar-refractivity contribution in [3.63, 3.8) is 0 Å². The third kappa shape index (κ3) is 1.89. The molecule has 1 aliphatic rings. The standard InChI is InChI=1S/C8H14BNO3S/c1-8(2)5(6(11)13-3)10(4-14-8)7(9)12/h5H,4,9H2,1-3H3. The van der Waals surface area contributed by atoms with Crippen LogP contribution in [0.5, 0.6) is 0 Å². The highest BCUT2D eigenvalue weighted by atomic mass is 32.2. The molecule has 0 bridgehead atoms. The number of ether oxygens (including phenoxy) is 1. The van der Waals surface area contributed by atoms with Crippen LogP contribution in [0.1, 0.15) is 13.8 Å². The first kappa shape index (κ1) is 11.4. The second kappa shape index (κ2) is 3.84. The molecule has 0 aromatic heterocycles. The molecule has 1 rings (SSSR count). The molecule has 1 heterocycles. The summed E-state index contributed by atoms with van der Waals surface area (Å²) in [4.78, 5) is 24.3. The van der Waals surface area contributed by atoms with Crippen molar-refractivity contribution in [2.24, 2.45) is 0 Å². The molecule has 0 aliphatic carbocycles. The lowest BCUT2D eigenvalue weighted by Crippen LogP contribution is -2.49. The molecular weight excluding hydrogens is 201 g/mol. The Morgan fingerprint density at radius 3 is 2.57 bits per heavy atom. The van der Waals surface area contributed by atoms with Crippen LogP contribution in [0.25, 0.3) is 0 Å². The molecule has 0 aromatic carbocycles. The van der Waals surface area contributed by atoms with E-state index >= 15 is 0 Å². The Morgan fingerprint density at radius 1 is 1.57 bits per heavy atom. The number of nitrogens with zero attached hydrogens (tertiary/aromatic N) is 1. The van der Waals surface area contributed by atoms with E-state index in [0.29, 0.717) is 5.88 Å². The highest BCUT2D eigenvalue weighted by molar-refractivity contribution is 8.00. The molecule has 0 spiro atoms. The fourth-order valence-corrected chi connectivity index (χ4v) is 2.74. The van der Waals surface area contributed by atoms with Crippen LogP contribution in [0.15, 0.2) is 0 Å². The Hall–Kier alpha value is -0.645. The Bertz CT molecular complexity index is 269. The maximum atomic E-state index is 11.5. The molecule has 1 unspecified atom stereocenters. The number of carbonyl (C=O) groups excluding carboxylic acids is 2. The SMILES string of the molecule is BC(=O)N1CSC(C)(C)C1C(=O)OC. The van der Waals surface area contributed by atoms with Crippen molar-refractivity contribution in [3.05, 3.63) is 0 Å². The third-order valence-electron chi connectivity index (χ3n) is 2.37. The van der Waals surface area contributed by atoms with Crippen molar-refractivity contribution < 1.29 is 14.3 Å². The molecule has 0 saturated carbocycles. The first-order chi connectivity index (χ1) is 6.40. The van der Waals surface area contributed by atoms with Gasteiger partial charge in [-0.15, -0.1) is 11.8 Å². The van der Waals surface area contributed by atoms with E-state index in [1.807, 2.05) is 13.8 Å². The van der Waals surface area contributed by atoms with Crippen molar-refractivity contribution in [1.82, 2.24) is 4.90 Å². The number of hydrogen-bond acceptors (Lipinski definition) is 4. The van der Waals surface area contributed by atoms with Gasteiger partial charge in [0.05, 0.1) is 13.0 Å². The number of amides is 1. The zero-order chi connectivity index (χ0) is 10.9. The van der Waals surface area contributed by atoms with Crippen molar-refractivity contribution >= 4 is 31.4 Å². The normalized spacial score (nSPS) is 24.8. The second-order valence-corrected chi connectivity index (χ2v) is 5.39. The van der Waals surface area contributed by atoms with Crippen LogP contribution in [0, 0.1) is 0 Å². The van der Waals surface area contributed by atoms with Gasteiger partial charge in [-0.3, -0.25) is 4.79 Å². The zero-order valence-electron chi connectivity index (χ0n) is 8.86. The quantitative estimate of drug-likeness (QED) is 0.458. The van der Waals surface area contributed by atoms with Crippen LogP contribution in [0.2, 0.25) is 0 Å². The Labute approximate surface area is 88.8 Å². The molecule has 4 nitrogen and oxygen atoms in total. The van der Waals surface area contributed by atoms with Crippen molar-refractivity contribution in [2.75, 3.05) is 13.0 Å². The summed E-state index contributed by atoms with van der Waals surface area (Å²) in [5, 5.41) is 0. The Kier molecular flexibility index (Phi) is 3.14. The molecule has 1 aliphatic heterocycles. The van der Waals surface area contributed by atoms with E-state index in [9.17, 15) is 9.59 Å². The van der Waals surface area contributed by atoms with Gasteiger partial charge in [-0.1, -0.05) is 0 Å². The molecular formula is C8H14BNO3S. The summed E-state index contributed by atoms with van der Waals surface area (Å²) in [6.07, 6.45) is 0. The molecule has 14 heavy (non-hydrogen) atoms. The summed E-state index contributed by atoms with van der Waals surface area (Å²) in [6, 6.07) is -0.463. The highest BCUT2D eigenvalue weighted by Crippen LogP contribution is 2.39. The van der Waals surface area contributed by atoms with E-state index in [-0.39, 0.29) is 16.5 Å². The second-order valence-electron chi connectivity index (χ2n) is 3.79. The number of hydrogen-bond donors (Lipinski definition) is 0. The van der Waals surface area contributed by atoms with Gasteiger partial charge in [0, 0.05) is 4.75 Å². The molecule has 0 N–H and O–H groups in total. The van der Waals surface area contributed by atoms with Crippen LogP contribution in [-0.2, 0) is 9.53 Å². The third-order valence-corrected chi connectivity index (χ3v) is 3.75. The molecule has 78 valence electrons. The first-order valence-electron chi connectivity index (χ1n) is 4.39. The van der Waals surface area contributed by atoms with E-state index in [1.165, 1.54) is 15.0 Å².